The summed E-state index contributed by atoms with van der Waals surface area (Å²) in [5.74, 6) is 0.548. The van der Waals surface area contributed by atoms with Crippen LogP contribution in [0.1, 0.15) is 22.3 Å². The molecule has 2 aromatic rings. The van der Waals surface area contributed by atoms with Gasteiger partial charge in [-0.1, -0.05) is 17.7 Å². The van der Waals surface area contributed by atoms with Gasteiger partial charge in [-0.05, 0) is 44.0 Å². The third-order valence-electron chi connectivity index (χ3n) is 4.13. The molecule has 2 N–H and O–H groups in total. The number of ether oxygens (including phenoxy) is 2. The van der Waals surface area contributed by atoms with Crippen molar-refractivity contribution in [2.45, 2.75) is 25.7 Å². The Morgan fingerprint density at radius 3 is 2.31 bits per heavy atom. The largest absolute Gasteiger partial charge is 0.497 e. The maximum Gasteiger partial charge on any atom is 0.255 e. The summed E-state index contributed by atoms with van der Waals surface area (Å²) in [7, 11) is -0.772. The van der Waals surface area contributed by atoms with Gasteiger partial charge in [0.15, 0.2) is 0 Å². The van der Waals surface area contributed by atoms with Crippen molar-refractivity contribution in [3.8, 4) is 11.5 Å². The van der Waals surface area contributed by atoms with Crippen molar-refractivity contribution in [1.82, 2.24) is 10.1 Å². The molecule has 0 saturated heterocycles. The van der Waals surface area contributed by atoms with Crippen LogP contribution in [0, 0.1) is 20.8 Å². The summed E-state index contributed by atoms with van der Waals surface area (Å²) in [6.07, 6.45) is 1.40. The summed E-state index contributed by atoms with van der Waals surface area (Å²) in [4.78, 5) is 12.2. The van der Waals surface area contributed by atoms with E-state index in [1.54, 1.807) is 51.3 Å². The van der Waals surface area contributed by atoms with E-state index in [-0.39, 0.29) is 4.90 Å². The molecule has 0 heterocycles. The Balaban J connectivity index is 2.01. The van der Waals surface area contributed by atoms with E-state index in [1.807, 2.05) is 6.92 Å². The summed E-state index contributed by atoms with van der Waals surface area (Å²) in [6.45, 7) is 4.90. The number of hydrogen-bond donors (Lipinski definition) is 2. The first-order chi connectivity index (χ1) is 13.7. The number of nitrogens with zero attached hydrogens (tertiary/aromatic N) is 1. The van der Waals surface area contributed by atoms with Gasteiger partial charge in [0.25, 0.3) is 5.91 Å². The summed E-state index contributed by atoms with van der Waals surface area (Å²) in [5, 5.41) is 3.85. The molecule has 0 aliphatic heterocycles. The number of aryl methyl sites for hydroxylation is 3. The Labute approximate surface area is 171 Å². The molecule has 9 heteroatoms. The van der Waals surface area contributed by atoms with E-state index in [4.69, 9.17) is 9.47 Å². The van der Waals surface area contributed by atoms with Gasteiger partial charge in [-0.3, -0.25) is 4.79 Å². The van der Waals surface area contributed by atoms with Crippen molar-refractivity contribution < 1.29 is 22.7 Å². The van der Waals surface area contributed by atoms with Gasteiger partial charge in [0, 0.05) is 11.6 Å². The molecule has 0 fully saturated rings. The molecular formula is C20H25N3O5S. The molecule has 29 heavy (non-hydrogen) atoms. The van der Waals surface area contributed by atoms with Crippen molar-refractivity contribution in [1.29, 1.82) is 0 Å². The highest BCUT2D eigenvalue weighted by Gasteiger charge is 2.20. The van der Waals surface area contributed by atoms with Gasteiger partial charge in [0.05, 0.1) is 31.9 Å². The first-order valence-electron chi connectivity index (χ1n) is 8.79. The average Bonchev–Trinajstić information content (AvgIpc) is 2.65. The molecule has 2 rings (SSSR count). The van der Waals surface area contributed by atoms with Crippen LogP contribution in [0.5, 0.6) is 11.5 Å². The van der Waals surface area contributed by atoms with Crippen LogP contribution in [-0.2, 0) is 14.8 Å². The van der Waals surface area contributed by atoms with E-state index in [0.717, 1.165) is 5.56 Å². The fraction of sp³-hybridized carbons (Fsp3) is 0.300. The number of carbonyl (C=O) groups is 1. The van der Waals surface area contributed by atoms with Crippen LogP contribution in [0.2, 0.25) is 0 Å². The van der Waals surface area contributed by atoms with Crippen LogP contribution in [-0.4, -0.2) is 41.3 Å². The molecule has 0 atom stereocenters. The van der Waals surface area contributed by atoms with Crippen LogP contribution < -0.4 is 19.6 Å². The highest BCUT2D eigenvalue weighted by Crippen LogP contribution is 2.23. The summed E-state index contributed by atoms with van der Waals surface area (Å²) in [5.41, 5.74) is 5.14. The van der Waals surface area contributed by atoms with Gasteiger partial charge in [-0.2, -0.15) is 5.10 Å². The zero-order valence-electron chi connectivity index (χ0n) is 17.1. The van der Waals surface area contributed by atoms with Gasteiger partial charge in [0.1, 0.15) is 11.5 Å². The molecule has 0 bridgehead atoms. The minimum Gasteiger partial charge on any atom is -0.497 e. The zero-order chi connectivity index (χ0) is 21.6. The third-order valence-corrected chi connectivity index (χ3v) is 5.84. The fourth-order valence-corrected chi connectivity index (χ4v) is 4.39. The van der Waals surface area contributed by atoms with E-state index in [0.29, 0.717) is 28.2 Å². The lowest BCUT2D eigenvalue weighted by Crippen LogP contribution is -2.35. The van der Waals surface area contributed by atoms with Crippen LogP contribution in [0.3, 0.4) is 0 Å². The first-order valence-corrected chi connectivity index (χ1v) is 10.3. The average molecular weight is 420 g/mol. The highest BCUT2D eigenvalue weighted by molar-refractivity contribution is 7.89. The van der Waals surface area contributed by atoms with Gasteiger partial charge in [-0.15, -0.1) is 0 Å². The Hall–Kier alpha value is -2.91. The van der Waals surface area contributed by atoms with Crippen LogP contribution >= 0.6 is 0 Å². The van der Waals surface area contributed by atoms with Crippen molar-refractivity contribution in [2.75, 3.05) is 20.8 Å². The lowest BCUT2D eigenvalue weighted by molar-refractivity contribution is -0.119. The smallest absolute Gasteiger partial charge is 0.255 e. The summed E-state index contributed by atoms with van der Waals surface area (Å²) in [6, 6.07) is 8.71. The molecule has 0 unspecified atom stereocenters. The first kappa shape index (κ1) is 22.4. The van der Waals surface area contributed by atoms with Crippen molar-refractivity contribution in [3.63, 3.8) is 0 Å². The second kappa shape index (κ2) is 9.53. The number of methoxy groups -OCH3 is 2. The Morgan fingerprint density at radius 2 is 1.72 bits per heavy atom. The Morgan fingerprint density at radius 1 is 1.07 bits per heavy atom. The third kappa shape index (κ3) is 5.78. The summed E-state index contributed by atoms with van der Waals surface area (Å²) >= 11 is 0. The topological polar surface area (TPSA) is 106 Å². The van der Waals surface area contributed by atoms with Gasteiger partial charge in [-0.25, -0.2) is 18.6 Å². The predicted molar refractivity (Wildman–Crippen MR) is 111 cm³/mol. The fourth-order valence-electron chi connectivity index (χ4n) is 2.96. The molecule has 0 aromatic heterocycles. The number of hydrogen-bond acceptors (Lipinski definition) is 6. The van der Waals surface area contributed by atoms with Crippen LogP contribution in [0.4, 0.5) is 0 Å². The molecule has 0 saturated carbocycles. The second-order valence-corrected chi connectivity index (χ2v) is 8.16. The summed E-state index contributed by atoms with van der Waals surface area (Å²) < 4.78 is 37.8. The van der Waals surface area contributed by atoms with Gasteiger partial charge in [0.2, 0.25) is 10.0 Å². The number of hydrazone groups is 1. The maximum absolute atomic E-state index is 12.6. The van der Waals surface area contributed by atoms with Crippen LogP contribution in [0.15, 0.2) is 40.3 Å². The van der Waals surface area contributed by atoms with Crippen molar-refractivity contribution >= 4 is 22.1 Å². The van der Waals surface area contributed by atoms with E-state index in [1.165, 1.54) is 13.3 Å². The molecule has 0 spiro atoms. The lowest BCUT2D eigenvalue weighted by Gasteiger charge is -2.12. The van der Waals surface area contributed by atoms with E-state index >= 15 is 0 Å². The lowest BCUT2D eigenvalue weighted by atomic mass is 10.1. The number of sulfonamides is 1. The quantitative estimate of drug-likeness (QED) is 0.503. The Kier molecular flexibility index (Phi) is 7.35. The van der Waals surface area contributed by atoms with E-state index in [9.17, 15) is 13.2 Å². The monoisotopic (exact) mass is 419 g/mol. The molecule has 0 aliphatic rings. The molecule has 156 valence electrons. The van der Waals surface area contributed by atoms with E-state index in [2.05, 4.69) is 15.2 Å². The number of benzene rings is 2. The van der Waals surface area contributed by atoms with Gasteiger partial charge >= 0.3 is 0 Å². The SMILES string of the molecule is COc1ccc(/C=N\NC(=O)CNS(=O)(=O)c2c(C)cc(C)cc2C)c(OC)c1. The van der Waals surface area contributed by atoms with Crippen LogP contribution in [0.25, 0.3) is 0 Å². The zero-order valence-corrected chi connectivity index (χ0v) is 17.9. The minimum absolute atomic E-state index is 0.183. The normalized spacial score (nSPS) is 11.5. The standard InChI is InChI=1S/C20H25N3O5S/c1-13-8-14(2)20(15(3)9-13)29(25,26)22-12-19(24)23-21-11-16-6-7-17(27-4)10-18(16)28-5/h6-11,22H,12H2,1-5H3,(H,23,24)/b21-11-. The van der Waals surface area contributed by atoms with Gasteiger partial charge < -0.3 is 9.47 Å². The molecule has 8 nitrogen and oxygen atoms in total. The predicted octanol–water partition coefficient (Wildman–Crippen LogP) is 2.06. The molecule has 1 amide bonds. The van der Waals surface area contributed by atoms with Crippen molar-refractivity contribution in [2.24, 2.45) is 5.10 Å². The molecule has 0 radical (unpaired) electrons. The molecular weight excluding hydrogens is 394 g/mol. The highest BCUT2D eigenvalue weighted by atomic mass is 32.2. The molecule has 2 aromatic carbocycles. The Bertz CT molecular complexity index is 1010. The number of rotatable bonds is 8. The minimum atomic E-state index is -3.83. The number of nitrogens with one attached hydrogen (secondary N) is 2. The maximum atomic E-state index is 12.6. The van der Waals surface area contributed by atoms with Crippen molar-refractivity contribution in [3.05, 3.63) is 52.6 Å². The van der Waals surface area contributed by atoms with E-state index < -0.39 is 22.5 Å². The number of amides is 1. The molecule has 0 aliphatic carbocycles. The number of carbonyl (C=O) groups excluding carboxylic acids is 1. The second-order valence-electron chi connectivity index (χ2n) is 6.45.